The number of hydrogen-bond acceptors (Lipinski definition) is 5. The van der Waals surface area contributed by atoms with Crippen LogP contribution in [0.2, 0.25) is 5.02 Å². The average molecular weight is 470 g/mol. The van der Waals surface area contributed by atoms with Crippen LogP contribution in [-0.4, -0.2) is 41.3 Å². The lowest BCUT2D eigenvalue weighted by atomic mass is 9.98. The number of benzene rings is 1. The van der Waals surface area contributed by atoms with Crippen molar-refractivity contribution in [1.29, 1.82) is 0 Å². The minimum atomic E-state index is -0.357. The second-order valence-electron chi connectivity index (χ2n) is 8.49. The molecule has 1 amide bonds. The maximum atomic E-state index is 12.3. The summed E-state index contributed by atoms with van der Waals surface area (Å²) >= 11 is 6.43. The molecule has 0 bridgehead atoms. The zero-order valence-electron chi connectivity index (χ0n) is 19.9. The number of rotatable bonds is 8. The van der Waals surface area contributed by atoms with Crippen LogP contribution in [0.15, 0.2) is 53.2 Å². The molecule has 1 aliphatic heterocycles. The fourth-order valence-corrected chi connectivity index (χ4v) is 4.03. The van der Waals surface area contributed by atoms with Crippen LogP contribution in [0, 0.1) is 5.92 Å². The molecule has 2 heterocycles. The van der Waals surface area contributed by atoms with Crippen molar-refractivity contribution in [3.63, 3.8) is 0 Å². The number of anilines is 2. The number of nitrogens with zero attached hydrogens (tertiary/aromatic N) is 3. The Morgan fingerprint density at radius 1 is 1.33 bits per heavy atom. The number of pyridine rings is 1. The van der Waals surface area contributed by atoms with E-state index >= 15 is 0 Å². The third-order valence-corrected chi connectivity index (χ3v) is 5.79. The molecule has 2 aromatic rings. The largest absolute Gasteiger partial charge is 0.353 e. The molecule has 0 saturated heterocycles. The predicted molar refractivity (Wildman–Crippen MR) is 135 cm³/mol. The van der Waals surface area contributed by atoms with Crippen LogP contribution in [0.1, 0.15) is 50.9 Å². The lowest BCUT2D eigenvalue weighted by molar-refractivity contribution is 0.0538. The van der Waals surface area contributed by atoms with Gasteiger partial charge in [0.15, 0.2) is 5.82 Å². The Morgan fingerprint density at radius 3 is 2.79 bits per heavy atom. The number of amidine groups is 1. The van der Waals surface area contributed by atoms with Crippen LogP contribution in [0.3, 0.4) is 0 Å². The summed E-state index contributed by atoms with van der Waals surface area (Å²) in [5.41, 5.74) is 5.13. The van der Waals surface area contributed by atoms with Crippen LogP contribution in [0.4, 0.5) is 17.2 Å². The zero-order valence-corrected chi connectivity index (χ0v) is 20.6. The first kappa shape index (κ1) is 24.7. The molecular formula is C25H32ClN5O2. The second-order valence-corrected chi connectivity index (χ2v) is 8.90. The van der Waals surface area contributed by atoms with Gasteiger partial charge in [-0.25, -0.2) is 15.5 Å². The Morgan fingerprint density at radius 2 is 2.09 bits per heavy atom. The lowest BCUT2D eigenvalue weighted by Gasteiger charge is -2.38. The average Bonchev–Trinajstić information content (AvgIpc) is 2.78. The van der Waals surface area contributed by atoms with E-state index in [-0.39, 0.29) is 5.91 Å². The number of hydrogen-bond donors (Lipinski definition) is 2. The third-order valence-electron chi connectivity index (χ3n) is 5.49. The van der Waals surface area contributed by atoms with E-state index in [1.807, 2.05) is 6.07 Å². The molecule has 176 valence electrons. The number of carbonyl (C=O) groups is 1. The molecule has 0 saturated carbocycles. The fraction of sp³-hybridized carbons (Fsp3) is 0.400. The molecule has 2 N–H and O–H groups in total. The summed E-state index contributed by atoms with van der Waals surface area (Å²) in [4.78, 5) is 28.9. The topological polar surface area (TPSA) is 78.8 Å². The van der Waals surface area contributed by atoms with Gasteiger partial charge in [0.25, 0.3) is 5.91 Å². The van der Waals surface area contributed by atoms with Gasteiger partial charge < -0.3 is 10.2 Å². The highest BCUT2D eigenvalue weighted by molar-refractivity contribution is 6.33. The van der Waals surface area contributed by atoms with Crippen molar-refractivity contribution < 1.29 is 9.63 Å². The first-order valence-electron chi connectivity index (χ1n) is 11.2. The Kier molecular flexibility index (Phi) is 8.47. The van der Waals surface area contributed by atoms with Crippen LogP contribution >= 0.6 is 11.6 Å². The monoisotopic (exact) mass is 469 g/mol. The van der Waals surface area contributed by atoms with Crippen molar-refractivity contribution in [2.45, 2.75) is 46.6 Å². The van der Waals surface area contributed by atoms with Crippen LogP contribution in [0.25, 0.3) is 0 Å². The first-order chi connectivity index (χ1) is 15.8. The van der Waals surface area contributed by atoms with E-state index in [0.29, 0.717) is 39.7 Å². The maximum Gasteiger partial charge on any atom is 0.276 e. The normalized spacial score (nSPS) is 17.3. The highest BCUT2D eigenvalue weighted by atomic mass is 35.5. The predicted octanol–water partition coefficient (Wildman–Crippen LogP) is 5.89. The molecular weight excluding hydrogens is 438 g/mol. The number of aliphatic imine (C=N–C) groups is 1. The van der Waals surface area contributed by atoms with E-state index < -0.39 is 0 Å². The van der Waals surface area contributed by atoms with Crippen LogP contribution < -0.4 is 10.8 Å². The number of halogens is 1. The van der Waals surface area contributed by atoms with Crippen molar-refractivity contribution in [2.24, 2.45) is 10.9 Å². The van der Waals surface area contributed by atoms with Gasteiger partial charge >= 0.3 is 0 Å². The zero-order chi connectivity index (χ0) is 24.0. The highest BCUT2D eigenvalue weighted by Crippen LogP contribution is 2.31. The smallest absolute Gasteiger partial charge is 0.276 e. The molecule has 8 heteroatoms. The summed E-state index contributed by atoms with van der Waals surface area (Å²) in [6, 6.07) is 9.36. The fourth-order valence-electron chi connectivity index (χ4n) is 3.88. The lowest BCUT2D eigenvalue weighted by Crippen LogP contribution is -2.44. The van der Waals surface area contributed by atoms with Crippen molar-refractivity contribution in [1.82, 2.24) is 15.4 Å². The quantitative estimate of drug-likeness (QED) is 0.471. The molecule has 1 unspecified atom stereocenters. The number of hydroxylamine groups is 1. The first-order valence-corrected chi connectivity index (χ1v) is 11.6. The molecule has 33 heavy (non-hydrogen) atoms. The van der Waals surface area contributed by atoms with Gasteiger partial charge in [-0.15, -0.1) is 0 Å². The standard InChI is InChI=1S/C25H32ClN5O2/c1-6-18-12-11-17(4)24(31(18)15-16(2)3)29-23-13-22(20(26)14-27-23)28-21-10-8-7-9-19(21)25(32)30-33-5/h7-11,13-14,16,18H,6,12,15H2,1-5H3,(H,27,28)(H,30,32). The third kappa shape index (κ3) is 6.12. The van der Waals surface area contributed by atoms with Gasteiger partial charge in [-0.2, -0.15) is 0 Å². The minimum absolute atomic E-state index is 0.357. The minimum Gasteiger partial charge on any atom is -0.353 e. The van der Waals surface area contributed by atoms with E-state index in [1.165, 1.54) is 7.11 Å². The Hall–Kier alpha value is -2.90. The molecule has 0 aliphatic carbocycles. The summed E-state index contributed by atoms with van der Waals surface area (Å²) in [6.07, 6.45) is 5.91. The van der Waals surface area contributed by atoms with Gasteiger partial charge in [-0.3, -0.25) is 9.63 Å². The molecule has 7 nitrogen and oxygen atoms in total. The van der Waals surface area contributed by atoms with Crippen molar-refractivity contribution in [3.05, 3.63) is 58.8 Å². The van der Waals surface area contributed by atoms with Gasteiger partial charge in [0.2, 0.25) is 0 Å². The Balaban J connectivity index is 1.96. The Bertz CT molecular complexity index is 1050. The summed E-state index contributed by atoms with van der Waals surface area (Å²) in [5, 5.41) is 3.68. The second kappa shape index (κ2) is 11.3. The molecule has 1 aliphatic rings. The molecule has 3 rings (SSSR count). The van der Waals surface area contributed by atoms with E-state index in [0.717, 1.165) is 30.8 Å². The molecule has 0 radical (unpaired) electrons. The van der Waals surface area contributed by atoms with Gasteiger partial charge in [0, 0.05) is 18.7 Å². The molecule has 1 aromatic carbocycles. The number of amides is 1. The van der Waals surface area contributed by atoms with Crippen molar-refractivity contribution >= 4 is 40.5 Å². The SMILES string of the molecule is CCC1CC=C(C)C(=Nc2cc(Nc3ccccc3C(=O)NOC)c(Cl)cn2)N1CC(C)C. The molecule has 1 atom stereocenters. The van der Waals surface area contributed by atoms with Crippen LogP contribution in [0.5, 0.6) is 0 Å². The number of aromatic nitrogens is 1. The van der Waals surface area contributed by atoms with E-state index in [4.69, 9.17) is 21.4 Å². The van der Waals surface area contributed by atoms with E-state index in [1.54, 1.807) is 30.5 Å². The van der Waals surface area contributed by atoms with Gasteiger partial charge in [0.1, 0.15) is 5.84 Å². The highest BCUT2D eigenvalue weighted by Gasteiger charge is 2.26. The summed E-state index contributed by atoms with van der Waals surface area (Å²) < 4.78 is 0. The summed E-state index contributed by atoms with van der Waals surface area (Å²) in [7, 11) is 1.40. The van der Waals surface area contributed by atoms with E-state index in [2.05, 4.69) is 54.5 Å². The maximum absolute atomic E-state index is 12.3. The number of nitrogens with one attached hydrogen (secondary N) is 2. The van der Waals surface area contributed by atoms with Crippen LogP contribution in [-0.2, 0) is 4.84 Å². The van der Waals surface area contributed by atoms with Crippen molar-refractivity contribution in [2.75, 3.05) is 19.0 Å². The number of para-hydroxylation sites is 1. The van der Waals surface area contributed by atoms with Gasteiger partial charge in [-0.1, -0.05) is 50.6 Å². The molecule has 1 aromatic heterocycles. The van der Waals surface area contributed by atoms with Gasteiger partial charge in [-0.05, 0) is 43.4 Å². The number of carbonyl (C=O) groups excluding carboxylic acids is 1. The summed E-state index contributed by atoms with van der Waals surface area (Å²) in [6.45, 7) is 9.68. The summed E-state index contributed by atoms with van der Waals surface area (Å²) in [5.74, 6) is 1.65. The van der Waals surface area contributed by atoms with Gasteiger partial charge in [0.05, 0.1) is 35.3 Å². The van der Waals surface area contributed by atoms with E-state index in [9.17, 15) is 4.79 Å². The Labute approximate surface area is 200 Å². The molecule has 0 fully saturated rings. The van der Waals surface area contributed by atoms with Crippen molar-refractivity contribution in [3.8, 4) is 0 Å². The molecule has 0 spiro atoms.